The smallest absolute Gasteiger partial charge is 0.245 e. The van der Waals surface area contributed by atoms with Crippen LogP contribution in [0, 0.1) is 6.92 Å². The lowest BCUT2D eigenvalue weighted by molar-refractivity contribution is -0.134. The highest BCUT2D eigenvalue weighted by atomic mass is 32.2. The molecular formula is C18H24N4O4S. The van der Waals surface area contributed by atoms with E-state index in [-0.39, 0.29) is 30.5 Å². The second-order valence-corrected chi connectivity index (χ2v) is 8.54. The summed E-state index contributed by atoms with van der Waals surface area (Å²) in [6.45, 7) is 3.09. The zero-order valence-corrected chi connectivity index (χ0v) is 16.3. The first-order valence-corrected chi connectivity index (χ1v) is 10.2. The van der Waals surface area contributed by atoms with Crippen molar-refractivity contribution in [2.45, 2.75) is 17.9 Å². The summed E-state index contributed by atoms with van der Waals surface area (Å²) in [4.78, 5) is 18.4. The number of pyridine rings is 1. The third-order valence-electron chi connectivity index (χ3n) is 4.64. The number of para-hydroxylation sites is 1. The van der Waals surface area contributed by atoms with Gasteiger partial charge in [0.15, 0.2) is 0 Å². The van der Waals surface area contributed by atoms with Crippen molar-refractivity contribution in [3.63, 3.8) is 0 Å². The van der Waals surface area contributed by atoms with Gasteiger partial charge in [0.25, 0.3) is 0 Å². The molecule has 2 heterocycles. The molecule has 1 amide bonds. The van der Waals surface area contributed by atoms with Crippen molar-refractivity contribution < 1.29 is 17.9 Å². The zero-order chi connectivity index (χ0) is 19.6. The molecule has 1 atom stereocenters. The number of benzene rings is 1. The molecule has 0 bridgehead atoms. The van der Waals surface area contributed by atoms with Gasteiger partial charge in [0.05, 0.1) is 12.1 Å². The highest BCUT2D eigenvalue weighted by Crippen LogP contribution is 2.25. The highest BCUT2D eigenvalue weighted by Gasteiger charge is 2.32. The molecule has 1 unspecified atom stereocenters. The predicted octanol–water partition coefficient (Wildman–Crippen LogP) is 0.350. The summed E-state index contributed by atoms with van der Waals surface area (Å²) in [6.07, 6.45) is 1.66. The molecule has 0 radical (unpaired) electrons. The second-order valence-electron chi connectivity index (χ2n) is 6.63. The molecule has 1 fully saturated rings. The van der Waals surface area contributed by atoms with Crippen molar-refractivity contribution >= 4 is 26.8 Å². The number of aromatic nitrogens is 1. The van der Waals surface area contributed by atoms with Gasteiger partial charge in [0, 0.05) is 44.9 Å². The Labute approximate surface area is 159 Å². The van der Waals surface area contributed by atoms with Gasteiger partial charge in [-0.05, 0) is 24.6 Å². The van der Waals surface area contributed by atoms with Crippen LogP contribution in [0.25, 0.3) is 10.9 Å². The van der Waals surface area contributed by atoms with E-state index in [1.54, 1.807) is 23.2 Å². The number of carbonyl (C=O) groups is 1. The maximum Gasteiger partial charge on any atom is 0.245 e. The Bertz CT molecular complexity index is 940. The van der Waals surface area contributed by atoms with Crippen LogP contribution < -0.4 is 5.73 Å². The van der Waals surface area contributed by atoms with Crippen molar-refractivity contribution in [3.05, 3.63) is 36.0 Å². The van der Waals surface area contributed by atoms with Crippen LogP contribution in [0.1, 0.15) is 5.56 Å². The summed E-state index contributed by atoms with van der Waals surface area (Å²) < 4.78 is 32.6. The van der Waals surface area contributed by atoms with E-state index in [0.29, 0.717) is 18.6 Å². The third-order valence-corrected chi connectivity index (χ3v) is 6.57. The van der Waals surface area contributed by atoms with E-state index in [1.165, 1.54) is 11.4 Å². The zero-order valence-electron chi connectivity index (χ0n) is 15.5. The number of hydrogen-bond donors (Lipinski definition) is 1. The number of piperazine rings is 1. The Morgan fingerprint density at radius 1 is 1.30 bits per heavy atom. The Hall–Kier alpha value is -2.07. The number of aryl methyl sites for hydroxylation is 1. The van der Waals surface area contributed by atoms with Crippen LogP contribution in [0.5, 0.6) is 0 Å². The van der Waals surface area contributed by atoms with Gasteiger partial charge in [-0.3, -0.25) is 9.78 Å². The fraction of sp³-hybridized carbons (Fsp3) is 0.444. The lowest BCUT2D eigenvalue weighted by Gasteiger charge is -2.35. The molecule has 3 rings (SSSR count). The maximum absolute atomic E-state index is 13.1. The molecule has 0 aliphatic carbocycles. The number of amides is 1. The predicted molar refractivity (Wildman–Crippen MR) is 102 cm³/mol. The number of rotatable bonds is 5. The molecule has 9 heteroatoms. The maximum atomic E-state index is 13.1. The van der Waals surface area contributed by atoms with E-state index in [4.69, 9.17) is 10.5 Å². The lowest BCUT2D eigenvalue weighted by atomic mass is 10.2. The Kier molecular flexibility index (Phi) is 5.75. The number of nitrogens with two attached hydrogens (primary N) is 1. The number of methoxy groups -OCH3 is 1. The van der Waals surface area contributed by atoms with Gasteiger partial charge in [-0.15, -0.1) is 0 Å². The first-order chi connectivity index (χ1) is 12.8. The van der Waals surface area contributed by atoms with Gasteiger partial charge in [-0.1, -0.05) is 12.1 Å². The molecule has 0 saturated carbocycles. The fourth-order valence-electron chi connectivity index (χ4n) is 3.22. The van der Waals surface area contributed by atoms with Gasteiger partial charge in [-0.25, -0.2) is 8.42 Å². The largest absolute Gasteiger partial charge is 0.383 e. The van der Waals surface area contributed by atoms with E-state index >= 15 is 0 Å². The van der Waals surface area contributed by atoms with Crippen LogP contribution in [-0.2, 0) is 19.6 Å². The SMILES string of the molecule is COCC(N)C(=O)N1CCN(S(=O)(=O)c2cccc3cc(C)cnc23)CC1. The Morgan fingerprint density at radius 3 is 2.67 bits per heavy atom. The summed E-state index contributed by atoms with van der Waals surface area (Å²) in [7, 11) is -2.22. The van der Waals surface area contributed by atoms with Crippen LogP contribution in [0.15, 0.2) is 35.4 Å². The second kappa shape index (κ2) is 7.89. The van der Waals surface area contributed by atoms with E-state index in [9.17, 15) is 13.2 Å². The average molecular weight is 392 g/mol. The van der Waals surface area contributed by atoms with Crippen molar-refractivity contribution in [1.82, 2.24) is 14.2 Å². The van der Waals surface area contributed by atoms with Gasteiger partial charge in [0.1, 0.15) is 10.9 Å². The lowest BCUT2D eigenvalue weighted by Crippen LogP contribution is -2.55. The molecule has 146 valence electrons. The van der Waals surface area contributed by atoms with Crippen LogP contribution in [0.2, 0.25) is 0 Å². The normalized spacial score (nSPS) is 17.2. The summed E-state index contributed by atoms with van der Waals surface area (Å²) >= 11 is 0. The fourth-order valence-corrected chi connectivity index (χ4v) is 4.81. The van der Waals surface area contributed by atoms with Crippen LogP contribution in [0.3, 0.4) is 0 Å². The molecule has 1 aromatic carbocycles. The van der Waals surface area contributed by atoms with Crippen molar-refractivity contribution in [1.29, 1.82) is 0 Å². The molecule has 1 aliphatic rings. The van der Waals surface area contributed by atoms with Gasteiger partial charge < -0.3 is 15.4 Å². The van der Waals surface area contributed by atoms with E-state index in [0.717, 1.165) is 10.9 Å². The van der Waals surface area contributed by atoms with Gasteiger partial charge in [0.2, 0.25) is 15.9 Å². The monoisotopic (exact) mass is 392 g/mol. The standard InChI is InChI=1S/C18H24N4O4S/c1-13-10-14-4-3-5-16(17(14)20-11-13)27(24,25)22-8-6-21(7-9-22)18(23)15(19)12-26-2/h3-5,10-11,15H,6-9,12,19H2,1-2H3. The summed E-state index contributed by atoms with van der Waals surface area (Å²) in [5.41, 5.74) is 7.22. The van der Waals surface area contributed by atoms with Crippen LogP contribution in [-0.4, -0.2) is 74.5 Å². The van der Waals surface area contributed by atoms with Crippen molar-refractivity contribution in [2.24, 2.45) is 5.73 Å². The van der Waals surface area contributed by atoms with Crippen molar-refractivity contribution in [2.75, 3.05) is 39.9 Å². The number of ether oxygens (including phenoxy) is 1. The first kappa shape index (κ1) is 19.7. The van der Waals surface area contributed by atoms with E-state index in [2.05, 4.69) is 4.98 Å². The van der Waals surface area contributed by atoms with Gasteiger partial charge >= 0.3 is 0 Å². The molecule has 2 N–H and O–H groups in total. The highest BCUT2D eigenvalue weighted by molar-refractivity contribution is 7.89. The third kappa shape index (κ3) is 3.96. The molecule has 1 aliphatic heterocycles. The Morgan fingerprint density at radius 2 is 2.00 bits per heavy atom. The number of fused-ring (bicyclic) bond motifs is 1. The Balaban J connectivity index is 1.79. The summed E-state index contributed by atoms with van der Waals surface area (Å²) in [5.74, 6) is -0.226. The van der Waals surface area contributed by atoms with Crippen LogP contribution in [0.4, 0.5) is 0 Å². The van der Waals surface area contributed by atoms with Gasteiger partial charge in [-0.2, -0.15) is 4.31 Å². The topological polar surface area (TPSA) is 106 Å². The van der Waals surface area contributed by atoms with E-state index in [1.807, 2.05) is 19.1 Å². The molecule has 27 heavy (non-hydrogen) atoms. The number of nitrogens with zero attached hydrogens (tertiary/aromatic N) is 3. The minimum atomic E-state index is -3.70. The first-order valence-electron chi connectivity index (χ1n) is 8.73. The summed E-state index contributed by atoms with van der Waals surface area (Å²) in [5, 5.41) is 0.787. The number of hydrogen-bond acceptors (Lipinski definition) is 6. The molecule has 1 saturated heterocycles. The van der Waals surface area contributed by atoms with E-state index < -0.39 is 16.1 Å². The molecular weight excluding hydrogens is 368 g/mol. The minimum Gasteiger partial charge on any atom is -0.383 e. The summed E-state index contributed by atoms with van der Waals surface area (Å²) in [6, 6.07) is 6.33. The van der Waals surface area contributed by atoms with Crippen LogP contribution >= 0.6 is 0 Å². The molecule has 2 aromatic rings. The van der Waals surface area contributed by atoms with Crippen molar-refractivity contribution in [3.8, 4) is 0 Å². The number of sulfonamides is 1. The molecule has 0 spiro atoms. The molecule has 1 aromatic heterocycles. The number of carbonyl (C=O) groups excluding carboxylic acids is 1. The minimum absolute atomic E-state index is 0.137. The quantitative estimate of drug-likeness (QED) is 0.787. The average Bonchev–Trinajstić information content (AvgIpc) is 2.67. The molecule has 8 nitrogen and oxygen atoms in total.